The smallest absolute Gasteiger partial charge is 0.0912 e. The topological polar surface area (TPSA) is 0 Å². The first kappa shape index (κ1) is 12.6. The molecule has 4 bridgehead atoms. The number of hydrogen-bond donors (Lipinski definition) is 0. The van der Waals surface area contributed by atoms with Crippen molar-refractivity contribution in [3.8, 4) is 0 Å². The summed E-state index contributed by atoms with van der Waals surface area (Å²) < 4.78 is -1.25. The Kier molecular flexibility index (Phi) is 3.19. The number of hydrogen-bond acceptors (Lipinski definition) is 0. The molecule has 5 heteroatoms. The molecule has 0 aromatic carbocycles. The molecule has 1 unspecified atom stereocenters. The molecule has 4 aliphatic rings. The van der Waals surface area contributed by atoms with Crippen LogP contribution >= 0.6 is 53.3 Å². The number of halogens is 4. The molecule has 0 spiro atoms. The van der Waals surface area contributed by atoms with Crippen LogP contribution in [0.3, 0.4) is 0 Å². The molecule has 0 aromatic heterocycles. The van der Waals surface area contributed by atoms with Crippen LogP contribution < -0.4 is 0 Å². The van der Waals surface area contributed by atoms with Gasteiger partial charge in [0.05, 0.1) is 7.27 Å². The summed E-state index contributed by atoms with van der Waals surface area (Å²) in [6.45, 7) is 0. The van der Waals surface area contributed by atoms with Gasteiger partial charge in [-0.15, -0.1) is 0 Å². The maximum absolute atomic E-state index is 6.55. The van der Waals surface area contributed by atoms with Crippen molar-refractivity contribution in [2.24, 2.45) is 17.8 Å². The van der Waals surface area contributed by atoms with E-state index < -0.39 is 10.8 Å². The lowest BCUT2D eigenvalue weighted by molar-refractivity contribution is 0.0362. The van der Waals surface area contributed by atoms with Gasteiger partial charge in [0, 0.05) is 5.16 Å². The van der Waals surface area contributed by atoms with Gasteiger partial charge in [0.1, 0.15) is 0 Å². The normalized spacial score (nSPS) is 48.4. The molecule has 4 rings (SSSR count). The molecule has 0 aliphatic heterocycles. The predicted octanol–water partition coefficient (Wildman–Crippen LogP) is 5.92. The van der Waals surface area contributed by atoms with Gasteiger partial charge in [-0.2, -0.15) is 0 Å². The Bertz CT molecular complexity index is 264. The zero-order chi connectivity index (χ0) is 11.6. The molecule has 0 amide bonds. The van der Waals surface area contributed by atoms with Gasteiger partial charge in [-0.05, 0) is 56.3 Å². The summed E-state index contributed by atoms with van der Waals surface area (Å²) in [6.07, 6.45) is 7.84. The van der Waals surface area contributed by atoms with Crippen LogP contribution in [0.2, 0.25) is 0 Å². The third-order valence-corrected chi connectivity index (χ3v) is 10.6. The first-order valence-corrected chi connectivity index (χ1v) is 9.30. The molecule has 4 saturated carbocycles. The fourth-order valence-electron chi connectivity index (χ4n) is 4.57. The summed E-state index contributed by atoms with van der Waals surface area (Å²) >= 11 is 24.7. The number of alkyl halides is 3. The molecule has 0 N–H and O–H groups in total. The highest BCUT2D eigenvalue weighted by molar-refractivity contribution is 7.90. The van der Waals surface area contributed by atoms with Gasteiger partial charge in [-0.3, -0.25) is 0 Å². The second kappa shape index (κ2) is 4.04. The second-order valence-electron chi connectivity index (χ2n) is 5.89. The Morgan fingerprint density at radius 3 is 1.56 bits per heavy atom. The highest BCUT2D eigenvalue weighted by Crippen LogP contribution is 2.77. The summed E-state index contributed by atoms with van der Waals surface area (Å²) in [4.78, 5) is 0. The Labute approximate surface area is 118 Å². The summed E-state index contributed by atoms with van der Waals surface area (Å²) in [5, 5.41) is 0.177. The molecular weight excluding hydrogens is 305 g/mol. The van der Waals surface area contributed by atoms with Crippen molar-refractivity contribution in [3.05, 3.63) is 0 Å². The molecule has 0 nitrogen and oxygen atoms in total. The van der Waals surface area contributed by atoms with Gasteiger partial charge in [-0.25, -0.2) is 0 Å². The Morgan fingerprint density at radius 2 is 1.25 bits per heavy atom. The molecule has 4 aliphatic carbocycles. The standard InChI is InChI=1S/C11H15Cl4P/c12-11(13,14)16(15)10-4-7-1-8(5-10)3-9(2-7)6-10/h7-9H,1-6H2. The average molecular weight is 320 g/mol. The van der Waals surface area contributed by atoms with E-state index in [4.69, 9.17) is 46.0 Å². The SMILES string of the molecule is ClP(C(Cl)(Cl)Cl)C12CC3CC(CC(C3)C1)C2. The average Bonchev–Trinajstić information content (AvgIpc) is 2.12. The van der Waals surface area contributed by atoms with Crippen molar-refractivity contribution in [3.63, 3.8) is 0 Å². The van der Waals surface area contributed by atoms with Crippen molar-refractivity contribution in [1.82, 2.24) is 0 Å². The van der Waals surface area contributed by atoms with E-state index in [2.05, 4.69) is 0 Å². The van der Waals surface area contributed by atoms with E-state index in [1.165, 1.54) is 38.5 Å². The van der Waals surface area contributed by atoms with E-state index in [-0.39, 0.29) is 5.16 Å². The fraction of sp³-hybridized carbons (Fsp3) is 1.00. The molecular formula is C11H15Cl4P. The molecule has 0 radical (unpaired) electrons. The van der Waals surface area contributed by atoms with Crippen molar-refractivity contribution in [1.29, 1.82) is 0 Å². The van der Waals surface area contributed by atoms with Crippen LogP contribution in [0.5, 0.6) is 0 Å². The first-order valence-electron chi connectivity index (χ1n) is 5.92. The largest absolute Gasteiger partial charge is 0.223 e. The minimum Gasteiger partial charge on any atom is -0.0912 e. The predicted molar refractivity (Wildman–Crippen MR) is 74.0 cm³/mol. The first-order chi connectivity index (χ1) is 7.39. The third kappa shape index (κ3) is 2.01. The second-order valence-corrected chi connectivity index (χ2v) is 12.2. The molecule has 4 fully saturated rings. The summed E-state index contributed by atoms with van der Waals surface area (Å²) in [5.41, 5.74) is 0. The molecule has 0 heterocycles. The van der Waals surface area contributed by atoms with Gasteiger partial charge in [0.2, 0.25) is 3.53 Å². The maximum atomic E-state index is 6.55. The van der Waals surface area contributed by atoms with Gasteiger partial charge in [-0.1, -0.05) is 46.0 Å². The van der Waals surface area contributed by atoms with E-state index in [1.54, 1.807) is 0 Å². The van der Waals surface area contributed by atoms with Crippen LogP contribution in [0.15, 0.2) is 0 Å². The van der Waals surface area contributed by atoms with E-state index in [1.807, 2.05) is 0 Å². The van der Waals surface area contributed by atoms with Gasteiger partial charge >= 0.3 is 0 Å². The fourth-order valence-corrected chi connectivity index (χ4v) is 8.60. The molecule has 92 valence electrons. The third-order valence-electron chi connectivity index (χ3n) is 4.64. The van der Waals surface area contributed by atoms with E-state index in [0.717, 1.165) is 17.8 Å². The van der Waals surface area contributed by atoms with Crippen LogP contribution in [-0.2, 0) is 0 Å². The maximum Gasteiger partial charge on any atom is 0.223 e. The van der Waals surface area contributed by atoms with E-state index >= 15 is 0 Å². The Hall–Kier alpha value is 1.59. The molecule has 1 atom stereocenters. The van der Waals surface area contributed by atoms with Crippen LogP contribution in [-0.4, -0.2) is 8.69 Å². The highest BCUT2D eigenvalue weighted by atomic mass is 35.7. The van der Waals surface area contributed by atoms with Crippen LogP contribution in [0.1, 0.15) is 38.5 Å². The highest BCUT2D eigenvalue weighted by Gasteiger charge is 2.58. The van der Waals surface area contributed by atoms with Gasteiger partial charge < -0.3 is 0 Å². The van der Waals surface area contributed by atoms with Crippen LogP contribution in [0.4, 0.5) is 0 Å². The zero-order valence-corrected chi connectivity index (χ0v) is 12.9. The van der Waals surface area contributed by atoms with Crippen molar-refractivity contribution >= 4 is 53.3 Å². The van der Waals surface area contributed by atoms with Crippen LogP contribution in [0.25, 0.3) is 0 Å². The molecule has 16 heavy (non-hydrogen) atoms. The number of rotatable bonds is 1. The summed E-state index contributed by atoms with van der Waals surface area (Å²) in [7, 11) is -1.03. The van der Waals surface area contributed by atoms with E-state index in [0.29, 0.717) is 0 Å². The lowest BCUT2D eigenvalue weighted by atomic mass is 9.56. The zero-order valence-electron chi connectivity index (χ0n) is 8.93. The Morgan fingerprint density at radius 1 is 0.875 bits per heavy atom. The quantitative estimate of drug-likeness (QED) is 0.416. The van der Waals surface area contributed by atoms with Crippen molar-refractivity contribution < 1.29 is 0 Å². The Balaban J connectivity index is 1.88. The minimum atomic E-state index is -1.25. The van der Waals surface area contributed by atoms with Gasteiger partial charge in [0.25, 0.3) is 0 Å². The van der Waals surface area contributed by atoms with E-state index in [9.17, 15) is 0 Å². The van der Waals surface area contributed by atoms with Crippen molar-refractivity contribution in [2.75, 3.05) is 0 Å². The molecule has 0 aromatic rings. The summed E-state index contributed by atoms with van der Waals surface area (Å²) in [5.74, 6) is 2.59. The lowest BCUT2D eigenvalue weighted by Gasteiger charge is -2.58. The monoisotopic (exact) mass is 318 g/mol. The lowest BCUT2D eigenvalue weighted by Crippen LogP contribution is -2.49. The van der Waals surface area contributed by atoms with Crippen LogP contribution in [0, 0.1) is 17.8 Å². The van der Waals surface area contributed by atoms with Crippen molar-refractivity contribution in [2.45, 2.75) is 47.2 Å². The summed E-state index contributed by atoms with van der Waals surface area (Å²) in [6, 6.07) is 0. The molecule has 0 saturated heterocycles. The van der Waals surface area contributed by atoms with Gasteiger partial charge in [0.15, 0.2) is 0 Å². The minimum absolute atomic E-state index is 0.177.